The number of anilines is 1. The highest BCUT2D eigenvalue weighted by atomic mass is 127. The molecule has 1 saturated heterocycles. The van der Waals surface area contributed by atoms with Crippen LogP contribution in [0.3, 0.4) is 0 Å². The number of aliphatic imine (C=N–C) groups is 1. The molecule has 7 nitrogen and oxygen atoms in total. The first-order chi connectivity index (χ1) is 13.7. The van der Waals surface area contributed by atoms with Crippen LogP contribution in [-0.2, 0) is 9.47 Å². The number of nitrogens with one attached hydrogen (secondary N) is 2. The number of rotatable bonds is 11. The van der Waals surface area contributed by atoms with Crippen LogP contribution in [-0.4, -0.2) is 78.1 Å². The molecule has 0 atom stereocenters. The molecule has 1 aromatic carbocycles. The van der Waals surface area contributed by atoms with Gasteiger partial charge in [-0.2, -0.15) is 0 Å². The Hall–Kier alpha value is -1.10. The fraction of sp³-hybridized carbons (Fsp3) is 0.667. The Balaban J connectivity index is 0.00000420. The highest BCUT2D eigenvalue weighted by Crippen LogP contribution is 2.18. The zero-order chi connectivity index (χ0) is 20.0. The number of hydrogen-bond donors (Lipinski definition) is 2. The molecule has 1 aromatic rings. The monoisotopic (exact) mass is 520 g/mol. The van der Waals surface area contributed by atoms with Crippen LogP contribution in [0.2, 0.25) is 0 Å². The Labute approximate surface area is 192 Å². The molecule has 166 valence electrons. The van der Waals surface area contributed by atoms with Gasteiger partial charge in [0.2, 0.25) is 0 Å². The Kier molecular flexibility index (Phi) is 14.0. The van der Waals surface area contributed by atoms with Crippen LogP contribution in [0.4, 0.5) is 5.69 Å². The van der Waals surface area contributed by atoms with E-state index in [9.17, 15) is 0 Å². The van der Waals surface area contributed by atoms with Gasteiger partial charge in [0, 0.05) is 59.1 Å². The summed E-state index contributed by atoms with van der Waals surface area (Å²) in [5.74, 6) is 2.31. The molecule has 0 bridgehead atoms. The van der Waals surface area contributed by atoms with Crippen molar-refractivity contribution in [2.24, 2.45) is 10.9 Å². The Morgan fingerprint density at radius 2 is 1.90 bits per heavy atom. The third-order valence-corrected chi connectivity index (χ3v) is 4.96. The maximum absolute atomic E-state index is 5.76. The minimum Gasteiger partial charge on any atom is -0.493 e. The van der Waals surface area contributed by atoms with E-state index in [4.69, 9.17) is 14.2 Å². The first-order valence-electron chi connectivity index (χ1n) is 10.2. The molecule has 0 unspecified atom stereocenters. The fourth-order valence-corrected chi connectivity index (χ4v) is 3.25. The van der Waals surface area contributed by atoms with Gasteiger partial charge in [-0.1, -0.05) is 6.07 Å². The number of hydrogen-bond acceptors (Lipinski definition) is 5. The zero-order valence-electron chi connectivity index (χ0n) is 18.0. The molecule has 1 heterocycles. The Morgan fingerprint density at radius 1 is 1.14 bits per heavy atom. The lowest BCUT2D eigenvalue weighted by atomic mass is 9.97. The van der Waals surface area contributed by atoms with E-state index in [1.165, 1.54) is 12.8 Å². The summed E-state index contributed by atoms with van der Waals surface area (Å²) in [6.07, 6.45) is 3.29. The van der Waals surface area contributed by atoms with Crippen LogP contribution in [0.5, 0.6) is 5.75 Å². The zero-order valence-corrected chi connectivity index (χ0v) is 20.3. The summed E-state index contributed by atoms with van der Waals surface area (Å²) in [5.41, 5.74) is 0.965. The van der Waals surface area contributed by atoms with Crippen molar-refractivity contribution in [3.63, 3.8) is 0 Å². The molecule has 0 spiro atoms. The summed E-state index contributed by atoms with van der Waals surface area (Å²) in [4.78, 5) is 6.83. The molecule has 0 aromatic heterocycles. The first-order valence-corrected chi connectivity index (χ1v) is 10.2. The van der Waals surface area contributed by atoms with Gasteiger partial charge in [0.25, 0.3) is 0 Å². The number of halogens is 1. The standard InChI is InChI=1S/C21H36N4O3.HI/c1-22-21(23-17-18-8-10-25(11-9-18)12-15-27-3)24-19-6-4-7-20(16-19)28-14-5-13-26-2;/h4,6-7,16,18H,5,8-15,17H2,1-3H3,(H2,22,23,24);1H. The predicted octanol–water partition coefficient (Wildman–Crippen LogP) is 3.07. The molecule has 1 aliphatic heterocycles. The largest absolute Gasteiger partial charge is 0.493 e. The van der Waals surface area contributed by atoms with Crippen molar-refractivity contribution in [2.75, 3.05) is 72.6 Å². The first kappa shape index (κ1) is 25.9. The summed E-state index contributed by atoms with van der Waals surface area (Å²) in [7, 11) is 5.26. The highest BCUT2D eigenvalue weighted by molar-refractivity contribution is 14.0. The topological polar surface area (TPSA) is 67.4 Å². The third kappa shape index (κ3) is 10.5. The fourth-order valence-electron chi connectivity index (χ4n) is 3.25. The van der Waals surface area contributed by atoms with Gasteiger partial charge < -0.3 is 29.7 Å². The highest BCUT2D eigenvalue weighted by Gasteiger charge is 2.19. The molecular formula is C21H37IN4O3. The van der Waals surface area contributed by atoms with Gasteiger partial charge in [0.05, 0.1) is 13.2 Å². The molecule has 1 fully saturated rings. The van der Waals surface area contributed by atoms with E-state index < -0.39 is 0 Å². The molecule has 0 radical (unpaired) electrons. The van der Waals surface area contributed by atoms with Crippen molar-refractivity contribution in [1.82, 2.24) is 10.2 Å². The molecule has 1 aliphatic rings. The van der Waals surface area contributed by atoms with Gasteiger partial charge >= 0.3 is 0 Å². The van der Waals surface area contributed by atoms with E-state index in [0.29, 0.717) is 19.1 Å². The molecule has 8 heteroatoms. The second kappa shape index (κ2) is 15.7. The van der Waals surface area contributed by atoms with E-state index in [1.807, 2.05) is 24.3 Å². The van der Waals surface area contributed by atoms with Crippen LogP contribution in [0.1, 0.15) is 19.3 Å². The number of ether oxygens (including phenoxy) is 3. The minimum atomic E-state index is 0. The van der Waals surface area contributed by atoms with E-state index in [0.717, 1.165) is 56.6 Å². The Morgan fingerprint density at radius 3 is 2.59 bits per heavy atom. The van der Waals surface area contributed by atoms with Crippen molar-refractivity contribution >= 4 is 35.6 Å². The van der Waals surface area contributed by atoms with Crippen molar-refractivity contribution in [3.05, 3.63) is 24.3 Å². The average Bonchev–Trinajstić information content (AvgIpc) is 2.74. The maximum Gasteiger partial charge on any atom is 0.195 e. The summed E-state index contributed by atoms with van der Waals surface area (Å²) in [6.45, 7) is 6.42. The lowest BCUT2D eigenvalue weighted by Crippen LogP contribution is -2.41. The van der Waals surface area contributed by atoms with Crippen molar-refractivity contribution in [1.29, 1.82) is 0 Å². The van der Waals surface area contributed by atoms with Crippen LogP contribution < -0.4 is 15.4 Å². The van der Waals surface area contributed by atoms with E-state index in [1.54, 1.807) is 21.3 Å². The van der Waals surface area contributed by atoms with Crippen LogP contribution in [0.25, 0.3) is 0 Å². The molecule has 2 rings (SSSR count). The summed E-state index contributed by atoms with van der Waals surface area (Å²) < 4.78 is 16.0. The number of nitrogens with zero attached hydrogens (tertiary/aromatic N) is 2. The van der Waals surface area contributed by atoms with E-state index in [-0.39, 0.29) is 24.0 Å². The number of benzene rings is 1. The van der Waals surface area contributed by atoms with Crippen molar-refractivity contribution in [2.45, 2.75) is 19.3 Å². The minimum absolute atomic E-state index is 0. The van der Waals surface area contributed by atoms with E-state index >= 15 is 0 Å². The van der Waals surface area contributed by atoms with Crippen LogP contribution >= 0.6 is 24.0 Å². The molecular weight excluding hydrogens is 483 g/mol. The normalized spacial score (nSPS) is 15.6. The second-order valence-electron chi connectivity index (χ2n) is 7.08. The molecule has 0 saturated carbocycles. The van der Waals surface area contributed by atoms with Gasteiger partial charge in [-0.15, -0.1) is 24.0 Å². The van der Waals surface area contributed by atoms with Gasteiger partial charge in [-0.25, -0.2) is 0 Å². The molecule has 2 N–H and O–H groups in total. The van der Waals surface area contributed by atoms with E-state index in [2.05, 4.69) is 20.5 Å². The predicted molar refractivity (Wildman–Crippen MR) is 130 cm³/mol. The van der Waals surface area contributed by atoms with Crippen molar-refractivity contribution < 1.29 is 14.2 Å². The SMILES string of the molecule is CN=C(NCC1CCN(CCOC)CC1)Nc1cccc(OCCCOC)c1.I. The van der Waals surface area contributed by atoms with Crippen molar-refractivity contribution in [3.8, 4) is 5.75 Å². The lowest BCUT2D eigenvalue weighted by Gasteiger charge is -2.32. The number of guanidine groups is 1. The van der Waals surface area contributed by atoms with Gasteiger partial charge in [0.1, 0.15) is 5.75 Å². The number of methoxy groups -OCH3 is 2. The number of likely N-dealkylation sites (tertiary alicyclic amines) is 1. The summed E-state index contributed by atoms with van der Waals surface area (Å²) >= 11 is 0. The van der Waals surface area contributed by atoms with Gasteiger partial charge in [-0.05, 0) is 44.0 Å². The molecule has 0 aliphatic carbocycles. The Bertz CT molecular complexity index is 581. The molecule has 29 heavy (non-hydrogen) atoms. The van der Waals surface area contributed by atoms with Gasteiger partial charge in [0.15, 0.2) is 5.96 Å². The molecule has 0 amide bonds. The summed E-state index contributed by atoms with van der Waals surface area (Å²) in [5, 5.41) is 6.82. The second-order valence-corrected chi connectivity index (χ2v) is 7.08. The lowest BCUT2D eigenvalue weighted by molar-refractivity contribution is 0.121. The third-order valence-electron chi connectivity index (χ3n) is 4.96. The summed E-state index contributed by atoms with van der Waals surface area (Å²) in [6, 6.07) is 7.96. The smallest absolute Gasteiger partial charge is 0.195 e. The van der Waals surface area contributed by atoms with Crippen LogP contribution in [0.15, 0.2) is 29.3 Å². The average molecular weight is 520 g/mol. The van der Waals surface area contributed by atoms with Gasteiger partial charge in [-0.3, -0.25) is 4.99 Å². The quantitative estimate of drug-likeness (QED) is 0.203. The maximum atomic E-state index is 5.76. The number of piperidine rings is 1. The van der Waals surface area contributed by atoms with Crippen LogP contribution in [0, 0.1) is 5.92 Å².